The molecule has 2 saturated heterocycles. The van der Waals surface area contributed by atoms with Gasteiger partial charge in [-0.05, 0) is 43.5 Å². The molecule has 0 bridgehead atoms. The van der Waals surface area contributed by atoms with Gasteiger partial charge in [0.05, 0.1) is 5.56 Å². The number of nitrogens with one attached hydrogen (secondary N) is 1. The third kappa shape index (κ3) is 2.26. The molecule has 5 heteroatoms. The molecule has 3 N–H and O–H groups in total. The maximum atomic E-state index is 12.4. The highest BCUT2D eigenvalue weighted by Crippen LogP contribution is 2.29. The summed E-state index contributed by atoms with van der Waals surface area (Å²) in [4.78, 5) is 14.2. The Kier molecular flexibility index (Phi) is 3.06. The lowest BCUT2D eigenvalue weighted by atomic mass is 9.94. The number of amides is 1. The predicted molar refractivity (Wildman–Crippen MR) is 70.2 cm³/mol. The van der Waals surface area contributed by atoms with Crippen LogP contribution in [0.4, 0.5) is 0 Å². The van der Waals surface area contributed by atoms with E-state index in [1.807, 2.05) is 0 Å². The van der Waals surface area contributed by atoms with Crippen LogP contribution in [0.3, 0.4) is 0 Å². The van der Waals surface area contributed by atoms with Crippen LogP contribution < -0.4 is 5.32 Å². The van der Waals surface area contributed by atoms with Gasteiger partial charge in [-0.25, -0.2) is 0 Å². The van der Waals surface area contributed by atoms with Gasteiger partial charge in [0.15, 0.2) is 0 Å². The van der Waals surface area contributed by atoms with Crippen molar-refractivity contribution in [2.75, 3.05) is 19.6 Å². The van der Waals surface area contributed by atoms with E-state index >= 15 is 0 Å². The number of phenolic OH excluding ortho intramolecular Hbond substituents is 2. The van der Waals surface area contributed by atoms with E-state index in [-0.39, 0.29) is 23.0 Å². The van der Waals surface area contributed by atoms with E-state index in [0.717, 1.165) is 25.9 Å². The highest BCUT2D eigenvalue weighted by Gasteiger charge is 2.37. The number of fused-ring (bicyclic) bond motifs is 1. The van der Waals surface area contributed by atoms with Crippen LogP contribution in [-0.2, 0) is 0 Å². The van der Waals surface area contributed by atoms with Gasteiger partial charge in [0, 0.05) is 19.1 Å². The Balaban J connectivity index is 1.79. The average Bonchev–Trinajstić information content (AvgIpc) is 2.84. The molecule has 0 unspecified atom stereocenters. The number of piperidine rings is 1. The Labute approximate surface area is 111 Å². The lowest BCUT2D eigenvalue weighted by Gasteiger charge is -2.24. The number of likely N-dealkylation sites (tertiary alicyclic amines) is 1. The SMILES string of the molecule is O=C(c1cc(O)ccc1O)N1C[C@@H]2CCCN[C@@H]2C1. The maximum absolute atomic E-state index is 12.4. The van der Waals surface area contributed by atoms with Crippen molar-refractivity contribution in [3.05, 3.63) is 23.8 Å². The molecule has 19 heavy (non-hydrogen) atoms. The topological polar surface area (TPSA) is 72.8 Å². The minimum absolute atomic E-state index is 0.00381. The molecule has 2 aliphatic heterocycles. The molecule has 2 heterocycles. The number of carbonyl (C=O) groups is 1. The molecule has 0 aromatic heterocycles. The number of rotatable bonds is 1. The van der Waals surface area contributed by atoms with Gasteiger partial charge < -0.3 is 20.4 Å². The van der Waals surface area contributed by atoms with E-state index in [9.17, 15) is 15.0 Å². The first-order valence-corrected chi connectivity index (χ1v) is 6.70. The van der Waals surface area contributed by atoms with E-state index in [0.29, 0.717) is 18.5 Å². The summed E-state index contributed by atoms with van der Waals surface area (Å²) in [5.74, 6) is 0.225. The highest BCUT2D eigenvalue weighted by atomic mass is 16.3. The van der Waals surface area contributed by atoms with Crippen molar-refractivity contribution in [3.8, 4) is 11.5 Å². The van der Waals surface area contributed by atoms with Crippen molar-refractivity contribution in [2.45, 2.75) is 18.9 Å². The molecule has 0 radical (unpaired) electrons. The van der Waals surface area contributed by atoms with Crippen LogP contribution >= 0.6 is 0 Å². The number of hydrogen-bond donors (Lipinski definition) is 3. The first kappa shape index (κ1) is 12.3. The summed E-state index contributed by atoms with van der Waals surface area (Å²) < 4.78 is 0. The summed E-state index contributed by atoms with van der Waals surface area (Å²) in [5, 5.41) is 22.6. The second kappa shape index (κ2) is 4.74. The Morgan fingerprint density at radius 1 is 1.32 bits per heavy atom. The first-order chi connectivity index (χ1) is 9.15. The fourth-order valence-electron chi connectivity index (χ4n) is 3.08. The molecule has 0 spiro atoms. The second-order valence-electron chi connectivity index (χ2n) is 5.37. The number of aromatic hydroxyl groups is 2. The van der Waals surface area contributed by atoms with Crippen molar-refractivity contribution in [2.24, 2.45) is 5.92 Å². The summed E-state index contributed by atoms with van der Waals surface area (Å²) in [5.41, 5.74) is 0.179. The summed E-state index contributed by atoms with van der Waals surface area (Å²) in [7, 11) is 0. The predicted octanol–water partition coefficient (Wildman–Crippen LogP) is 0.922. The first-order valence-electron chi connectivity index (χ1n) is 6.70. The standard InChI is InChI=1S/C14H18N2O3/c17-10-3-4-13(18)11(6-10)14(19)16-7-9-2-1-5-15-12(9)8-16/h3-4,6,9,12,15,17-18H,1-2,5,7-8H2/t9-,12+/m0/s1. The zero-order chi connectivity index (χ0) is 13.4. The Hall–Kier alpha value is -1.75. The summed E-state index contributed by atoms with van der Waals surface area (Å²) in [6.07, 6.45) is 2.30. The zero-order valence-corrected chi connectivity index (χ0v) is 10.7. The van der Waals surface area contributed by atoms with Crippen LogP contribution in [0.25, 0.3) is 0 Å². The Morgan fingerprint density at radius 2 is 2.16 bits per heavy atom. The van der Waals surface area contributed by atoms with E-state index in [1.54, 1.807) is 4.90 Å². The molecule has 5 nitrogen and oxygen atoms in total. The van der Waals surface area contributed by atoms with Gasteiger partial charge in [0.2, 0.25) is 0 Å². The van der Waals surface area contributed by atoms with Crippen molar-refractivity contribution in [1.82, 2.24) is 10.2 Å². The van der Waals surface area contributed by atoms with Gasteiger partial charge >= 0.3 is 0 Å². The van der Waals surface area contributed by atoms with Gasteiger partial charge in [0.25, 0.3) is 5.91 Å². The fourth-order valence-corrected chi connectivity index (χ4v) is 3.08. The lowest BCUT2D eigenvalue weighted by molar-refractivity contribution is 0.0782. The fraction of sp³-hybridized carbons (Fsp3) is 0.500. The molecular weight excluding hydrogens is 244 g/mol. The maximum Gasteiger partial charge on any atom is 0.257 e. The molecular formula is C14H18N2O3. The quantitative estimate of drug-likeness (QED) is 0.658. The minimum Gasteiger partial charge on any atom is -0.508 e. The van der Waals surface area contributed by atoms with Crippen molar-refractivity contribution < 1.29 is 15.0 Å². The van der Waals surface area contributed by atoms with E-state index in [2.05, 4.69) is 5.32 Å². The molecule has 1 aromatic rings. The van der Waals surface area contributed by atoms with Gasteiger partial charge in [-0.1, -0.05) is 0 Å². The molecule has 102 valence electrons. The molecule has 2 aliphatic rings. The molecule has 0 saturated carbocycles. The van der Waals surface area contributed by atoms with E-state index < -0.39 is 0 Å². The lowest BCUT2D eigenvalue weighted by Crippen LogP contribution is -2.41. The van der Waals surface area contributed by atoms with Crippen molar-refractivity contribution in [3.63, 3.8) is 0 Å². The number of phenols is 2. The summed E-state index contributed by atoms with van der Waals surface area (Å²) in [6.45, 7) is 2.42. The zero-order valence-electron chi connectivity index (χ0n) is 10.7. The van der Waals surface area contributed by atoms with E-state index in [4.69, 9.17) is 0 Å². The van der Waals surface area contributed by atoms with Crippen LogP contribution in [0.1, 0.15) is 23.2 Å². The molecule has 0 aliphatic carbocycles. The van der Waals surface area contributed by atoms with Crippen LogP contribution in [0, 0.1) is 5.92 Å². The highest BCUT2D eigenvalue weighted by molar-refractivity contribution is 5.97. The van der Waals surface area contributed by atoms with Crippen molar-refractivity contribution in [1.29, 1.82) is 0 Å². The largest absolute Gasteiger partial charge is 0.508 e. The Bertz CT molecular complexity index is 489. The third-order valence-corrected chi connectivity index (χ3v) is 4.10. The van der Waals surface area contributed by atoms with Crippen LogP contribution in [-0.4, -0.2) is 46.7 Å². The summed E-state index contributed by atoms with van der Waals surface area (Å²) >= 11 is 0. The number of nitrogens with zero attached hydrogens (tertiary/aromatic N) is 1. The number of benzene rings is 1. The molecule has 3 rings (SSSR count). The molecule has 2 fully saturated rings. The van der Waals surface area contributed by atoms with Gasteiger partial charge in [-0.15, -0.1) is 0 Å². The second-order valence-corrected chi connectivity index (χ2v) is 5.37. The van der Waals surface area contributed by atoms with Crippen LogP contribution in [0.5, 0.6) is 11.5 Å². The van der Waals surface area contributed by atoms with Crippen LogP contribution in [0.15, 0.2) is 18.2 Å². The molecule has 1 amide bonds. The van der Waals surface area contributed by atoms with Gasteiger partial charge in [-0.2, -0.15) is 0 Å². The Morgan fingerprint density at radius 3 is 2.95 bits per heavy atom. The average molecular weight is 262 g/mol. The third-order valence-electron chi connectivity index (χ3n) is 4.10. The smallest absolute Gasteiger partial charge is 0.257 e. The molecule has 2 atom stereocenters. The minimum atomic E-state index is -0.204. The summed E-state index contributed by atoms with van der Waals surface area (Å²) in [6, 6.07) is 4.42. The monoisotopic (exact) mass is 262 g/mol. The van der Waals surface area contributed by atoms with E-state index in [1.165, 1.54) is 18.2 Å². The van der Waals surface area contributed by atoms with Crippen LogP contribution in [0.2, 0.25) is 0 Å². The molecule has 1 aromatic carbocycles. The van der Waals surface area contributed by atoms with Gasteiger partial charge in [-0.3, -0.25) is 4.79 Å². The normalized spacial score (nSPS) is 26.2. The number of hydrogen-bond acceptors (Lipinski definition) is 4. The number of carbonyl (C=O) groups excluding carboxylic acids is 1. The van der Waals surface area contributed by atoms with Crippen molar-refractivity contribution >= 4 is 5.91 Å². The van der Waals surface area contributed by atoms with Gasteiger partial charge in [0.1, 0.15) is 11.5 Å².